The van der Waals surface area contributed by atoms with E-state index in [1.165, 1.54) is 5.56 Å². The van der Waals surface area contributed by atoms with E-state index in [1.54, 1.807) is 0 Å². The molecule has 6 heteroatoms. The first kappa shape index (κ1) is 20.7. The molecule has 2 aromatic carbocycles. The number of H-pyrrole nitrogens is 1. The van der Waals surface area contributed by atoms with Gasteiger partial charge in [-0.15, -0.1) is 0 Å². The summed E-state index contributed by atoms with van der Waals surface area (Å²) < 4.78 is 0. The summed E-state index contributed by atoms with van der Waals surface area (Å²) in [4.78, 5) is 16.6. The number of pyridine rings is 1. The first-order chi connectivity index (χ1) is 16.6. The van der Waals surface area contributed by atoms with Crippen LogP contribution in [0.3, 0.4) is 0 Å². The van der Waals surface area contributed by atoms with Gasteiger partial charge < -0.3 is 10.4 Å². The Morgan fingerprint density at radius 1 is 0.941 bits per heavy atom. The number of aromatic amines is 1. The Morgan fingerprint density at radius 3 is 2.44 bits per heavy atom. The molecule has 4 aromatic rings. The van der Waals surface area contributed by atoms with E-state index in [0.717, 1.165) is 83.4 Å². The molecule has 0 unspecified atom stereocenters. The van der Waals surface area contributed by atoms with Crippen LogP contribution in [0.5, 0.6) is 0 Å². The topological polar surface area (TPSA) is 90.9 Å². The fourth-order valence-electron chi connectivity index (χ4n) is 5.36. The Bertz CT molecular complexity index is 1360. The van der Waals surface area contributed by atoms with Crippen LogP contribution in [0, 0.1) is 0 Å². The van der Waals surface area contributed by atoms with E-state index < -0.39 is 11.6 Å². The van der Waals surface area contributed by atoms with Gasteiger partial charge in [0, 0.05) is 16.7 Å². The minimum absolute atomic E-state index is 0.467. The van der Waals surface area contributed by atoms with Crippen LogP contribution in [0.25, 0.3) is 33.6 Å². The Hall–Kier alpha value is -3.93. The van der Waals surface area contributed by atoms with Gasteiger partial charge in [-0.05, 0) is 61.3 Å². The Morgan fingerprint density at radius 2 is 1.74 bits per heavy atom. The number of fused-ring (bicyclic) bond motifs is 3. The molecule has 0 radical (unpaired) electrons. The lowest BCUT2D eigenvalue weighted by atomic mass is 9.71. The van der Waals surface area contributed by atoms with Gasteiger partial charge in [-0.3, -0.25) is 10.1 Å². The molecular formula is C28H26N4O2. The van der Waals surface area contributed by atoms with E-state index in [-0.39, 0.29) is 0 Å². The van der Waals surface area contributed by atoms with Crippen LogP contribution < -0.4 is 5.32 Å². The fraction of sp³-hybridized carbons (Fsp3) is 0.250. The predicted octanol–water partition coefficient (Wildman–Crippen LogP) is 5.94. The molecule has 0 aliphatic heterocycles. The average Bonchev–Trinajstić information content (AvgIpc) is 3.23. The number of nitrogens with zero attached hydrogens (tertiary/aromatic N) is 2. The summed E-state index contributed by atoms with van der Waals surface area (Å²) in [6, 6.07) is 20.9. The van der Waals surface area contributed by atoms with Gasteiger partial charge in [-0.2, -0.15) is 5.10 Å². The zero-order valence-electron chi connectivity index (χ0n) is 18.8. The lowest BCUT2D eigenvalue weighted by Crippen LogP contribution is -2.50. The molecule has 1 saturated carbocycles. The molecule has 0 bridgehead atoms. The third-order valence-corrected chi connectivity index (χ3v) is 7.30. The normalized spacial score (nSPS) is 16.0. The molecule has 0 spiro atoms. The molecule has 2 aliphatic rings. The van der Waals surface area contributed by atoms with Crippen molar-refractivity contribution in [2.24, 2.45) is 0 Å². The van der Waals surface area contributed by atoms with Gasteiger partial charge in [0.25, 0.3) is 0 Å². The molecule has 2 aliphatic carbocycles. The number of hydrogen-bond donors (Lipinski definition) is 3. The summed E-state index contributed by atoms with van der Waals surface area (Å²) in [5, 5.41) is 19.6. The molecular weight excluding hydrogens is 424 g/mol. The molecule has 0 saturated heterocycles. The third-order valence-electron chi connectivity index (χ3n) is 7.30. The van der Waals surface area contributed by atoms with Crippen molar-refractivity contribution < 1.29 is 9.90 Å². The summed E-state index contributed by atoms with van der Waals surface area (Å²) in [7, 11) is 0. The predicted molar refractivity (Wildman–Crippen MR) is 131 cm³/mol. The second-order valence-corrected chi connectivity index (χ2v) is 9.31. The van der Waals surface area contributed by atoms with E-state index in [9.17, 15) is 9.90 Å². The zero-order valence-corrected chi connectivity index (χ0v) is 18.8. The highest BCUT2D eigenvalue weighted by Gasteiger charge is 2.40. The van der Waals surface area contributed by atoms with Gasteiger partial charge >= 0.3 is 6.09 Å². The lowest BCUT2D eigenvalue weighted by Gasteiger charge is -2.42. The monoisotopic (exact) mass is 450 g/mol. The standard InChI is InChI=1S/C28H26N4O2/c33-27(34)31-28(14-5-15-28)21-12-10-19(11-13-21)25-22(18-6-2-1-3-7-18)16-23-24(30-25)9-4-8-20-17-29-32-26(20)23/h1-3,6-7,10-13,16-17,31H,4-5,8-9,14-15H2,(H,29,32)(H,33,34). The van der Waals surface area contributed by atoms with Crippen molar-refractivity contribution in [3.05, 3.63) is 83.7 Å². The maximum Gasteiger partial charge on any atom is 0.405 e. The molecule has 0 atom stereocenters. The van der Waals surface area contributed by atoms with Gasteiger partial charge in [-0.25, -0.2) is 4.79 Å². The van der Waals surface area contributed by atoms with E-state index in [4.69, 9.17) is 4.98 Å². The number of nitrogens with one attached hydrogen (secondary N) is 2. The number of aryl methyl sites for hydroxylation is 2. The summed E-state index contributed by atoms with van der Waals surface area (Å²) >= 11 is 0. The van der Waals surface area contributed by atoms with Crippen molar-refractivity contribution in [3.63, 3.8) is 0 Å². The van der Waals surface area contributed by atoms with Crippen molar-refractivity contribution in [1.29, 1.82) is 0 Å². The highest BCUT2D eigenvalue weighted by molar-refractivity contribution is 5.85. The fourth-order valence-corrected chi connectivity index (χ4v) is 5.36. The first-order valence-electron chi connectivity index (χ1n) is 11.9. The quantitative estimate of drug-likeness (QED) is 0.359. The van der Waals surface area contributed by atoms with Crippen LogP contribution in [-0.2, 0) is 18.4 Å². The average molecular weight is 451 g/mol. The number of rotatable bonds is 4. The van der Waals surface area contributed by atoms with Crippen LogP contribution in [0.1, 0.15) is 42.5 Å². The van der Waals surface area contributed by atoms with Crippen LogP contribution in [0.4, 0.5) is 4.79 Å². The van der Waals surface area contributed by atoms with Crippen LogP contribution in [0.2, 0.25) is 0 Å². The van der Waals surface area contributed by atoms with Crippen molar-refractivity contribution in [2.75, 3.05) is 0 Å². The number of benzene rings is 2. The minimum Gasteiger partial charge on any atom is -0.465 e. The van der Waals surface area contributed by atoms with Crippen LogP contribution >= 0.6 is 0 Å². The molecule has 34 heavy (non-hydrogen) atoms. The Balaban J connectivity index is 1.48. The largest absolute Gasteiger partial charge is 0.465 e. The summed E-state index contributed by atoms with van der Waals surface area (Å²) in [5.74, 6) is 0. The maximum absolute atomic E-state index is 11.4. The van der Waals surface area contributed by atoms with Crippen molar-refractivity contribution in [1.82, 2.24) is 20.5 Å². The molecule has 6 nitrogen and oxygen atoms in total. The van der Waals surface area contributed by atoms with E-state index >= 15 is 0 Å². The highest BCUT2D eigenvalue weighted by atomic mass is 16.4. The number of aromatic nitrogens is 3. The summed E-state index contributed by atoms with van der Waals surface area (Å²) in [6.07, 6.45) is 6.60. The van der Waals surface area contributed by atoms with Crippen molar-refractivity contribution in [2.45, 2.75) is 44.1 Å². The molecule has 3 N–H and O–H groups in total. The number of hydrogen-bond acceptors (Lipinski definition) is 3. The molecule has 2 aromatic heterocycles. The van der Waals surface area contributed by atoms with Crippen LogP contribution in [0.15, 0.2) is 66.9 Å². The molecule has 1 fully saturated rings. The minimum atomic E-state index is -0.972. The van der Waals surface area contributed by atoms with E-state index in [2.05, 4.69) is 58.0 Å². The first-order valence-corrected chi connectivity index (χ1v) is 11.9. The van der Waals surface area contributed by atoms with Crippen molar-refractivity contribution >= 4 is 6.09 Å². The van der Waals surface area contributed by atoms with Gasteiger partial charge in [0.2, 0.25) is 0 Å². The van der Waals surface area contributed by atoms with Gasteiger partial charge in [0.1, 0.15) is 0 Å². The van der Waals surface area contributed by atoms with Gasteiger partial charge in [0.15, 0.2) is 0 Å². The molecule has 170 valence electrons. The Kier molecular flexibility index (Phi) is 4.94. The summed E-state index contributed by atoms with van der Waals surface area (Å²) in [6.45, 7) is 0. The number of amides is 1. The summed E-state index contributed by atoms with van der Waals surface area (Å²) in [5.41, 5.74) is 9.26. The van der Waals surface area contributed by atoms with E-state index in [0.29, 0.717) is 0 Å². The third kappa shape index (κ3) is 3.46. The smallest absolute Gasteiger partial charge is 0.405 e. The highest BCUT2D eigenvalue weighted by Crippen LogP contribution is 2.43. The van der Waals surface area contributed by atoms with Crippen molar-refractivity contribution in [3.8, 4) is 33.6 Å². The lowest BCUT2D eigenvalue weighted by molar-refractivity contribution is 0.144. The second kappa shape index (κ2) is 8.13. The maximum atomic E-state index is 11.4. The zero-order chi connectivity index (χ0) is 23.1. The molecule has 6 rings (SSSR count). The van der Waals surface area contributed by atoms with E-state index in [1.807, 2.05) is 24.4 Å². The van der Waals surface area contributed by atoms with Crippen LogP contribution in [-0.4, -0.2) is 26.4 Å². The SMILES string of the molecule is O=C(O)NC1(c2ccc(-c3nc4c(cc3-c3ccccc3)-c3[nH]ncc3CCC4)cc2)CCC1. The number of carbonyl (C=O) groups is 1. The van der Waals surface area contributed by atoms with Gasteiger partial charge in [-0.1, -0.05) is 54.6 Å². The second-order valence-electron chi connectivity index (χ2n) is 9.31. The number of carboxylic acid groups (broad SMARTS) is 1. The molecule has 1 amide bonds. The Labute approximate surface area is 198 Å². The van der Waals surface area contributed by atoms with Gasteiger partial charge in [0.05, 0.1) is 28.8 Å². The molecule has 2 heterocycles.